The van der Waals surface area contributed by atoms with Crippen LogP contribution in [0.3, 0.4) is 0 Å². The summed E-state index contributed by atoms with van der Waals surface area (Å²) in [6.07, 6.45) is 3.27. The summed E-state index contributed by atoms with van der Waals surface area (Å²) < 4.78 is 10.7. The summed E-state index contributed by atoms with van der Waals surface area (Å²) in [4.78, 5) is 24.8. The highest BCUT2D eigenvalue weighted by Crippen LogP contribution is 2.30. The largest absolute Gasteiger partial charge is 0.452 e. The van der Waals surface area contributed by atoms with Gasteiger partial charge in [-0.3, -0.25) is 4.79 Å². The van der Waals surface area contributed by atoms with Crippen LogP contribution in [0.25, 0.3) is 22.2 Å². The number of nitrogens with one attached hydrogen (secondary N) is 1. The molecule has 0 spiro atoms. The summed E-state index contributed by atoms with van der Waals surface area (Å²) in [7, 11) is 0. The van der Waals surface area contributed by atoms with Crippen molar-refractivity contribution in [3.8, 4) is 11.3 Å². The van der Waals surface area contributed by atoms with E-state index >= 15 is 0 Å². The van der Waals surface area contributed by atoms with Gasteiger partial charge in [0.1, 0.15) is 5.52 Å². The van der Waals surface area contributed by atoms with Crippen LogP contribution in [0.5, 0.6) is 0 Å². The average molecular weight is 406 g/mol. The van der Waals surface area contributed by atoms with E-state index in [2.05, 4.69) is 24.3 Å². The maximum atomic E-state index is 12.5. The van der Waals surface area contributed by atoms with Crippen LogP contribution < -0.4 is 5.32 Å². The van der Waals surface area contributed by atoms with Crippen LogP contribution in [-0.4, -0.2) is 29.7 Å². The average Bonchev–Trinajstić information content (AvgIpc) is 3.19. The fraction of sp³-hybridized carbons (Fsp3) is 0.375. The lowest BCUT2D eigenvalue weighted by atomic mass is 9.78. The number of hydrogen-bond donors (Lipinski definition) is 1. The molecular formula is C24H26N2O4. The van der Waals surface area contributed by atoms with E-state index in [4.69, 9.17) is 9.26 Å². The Kier molecular flexibility index (Phi) is 5.84. The Morgan fingerprint density at radius 1 is 1.13 bits per heavy atom. The number of carbonyl (C=O) groups excluding carboxylic acids is 2. The molecule has 0 bridgehead atoms. The summed E-state index contributed by atoms with van der Waals surface area (Å²) in [5.74, 6) is 0.799. The third-order valence-electron chi connectivity index (χ3n) is 6.14. The number of carbonyl (C=O) groups is 2. The maximum absolute atomic E-state index is 12.5. The Morgan fingerprint density at radius 2 is 1.93 bits per heavy atom. The van der Waals surface area contributed by atoms with Crippen LogP contribution in [-0.2, 0) is 9.53 Å². The van der Waals surface area contributed by atoms with Crippen molar-refractivity contribution >= 4 is 22.8 Å². The number of rotatable bonds is 5. The molecule has 6 heteroatoms. The molecule has 1 aliphatic rings. The first kappa shape index (κ1) is 20.1. The Hall–Kier alpha value is -3.15. The molecule has 3 aromatic rings. The topological polar surface area (TPSA) is 81.4 Å². The second kappa shape index (κ2) is 8.69. The van der Waals surface area contributed by atoms with Crippen LogP contribution in [0.2, 0.25) is 0 Å². The van der Waals surface area contributed by atoms with Gasteiger partial charge in [-0.15, -0.1) is 0 Å². The van der Waals surface area contributed by atoms with Gasteiger partial charge in [-0.2, -0.15) is 0 Å². The van der Waals surface area contributed by atoms with Gasteiger partial charge in [-0.05, 0) is 36.5 Å². The SMILES string of the molecule is C[C@H]1[C@@H](NC(=O)COC(=O)c2ccc3noc(-c4ccccc4)c3c2)CCC[C@@H]1C. The molecule has 2 aromatic carbocycles. The molecule has 1 aromatic heterocycles. The fourth-order valence-corrected chi connectivity index (χ4v) is 4.11. The van der Waals surface area contributed by atoms with E-state index in [0.29, 0.717) is 28.7 Å². The molecule has 1 N–H and O–H groups in total. The van der Waals surface area contributed by atoms with E-state index in [0.717, 1.165) is 23.8 Å². The van der Waals surface area contributed by atoms with Gasteiger partial charge in [0.05, 0.1) is 10.9 Å². The smallest absolute Gasteiger partial charge is 0.338 e. The summed E-state index contributed by atoms with van der Waals surface area (Å²) in [6, 6.07) is 14.8. The minimum Gasteiger partial charge on any atom is -0.452 e. The van der Waals surface area contributed by atoms with Crippen LogP contribution in [0.4, 0.5) is 0 Å². The first-order valence-electron chi connectivity index (χ1n) is 10.4. The normalized spacial score (nSPS) is 21.3. The molecule has 0 saturated heterocycles. The summed E-state index contributed by atoms with van der Waals surface area (Å²) >= 11 is 0. The third kappa shape index (κ3) is 4.22. The predicted octanol–water partition coefficient (Wildman–Crippen LogP) is 4.59. The molecule has 6 nitrogen and oxygen atoms in total. The monoisotopic (exact) mass is 406 g/mol. The number of aromatic nitrogens is 1. The van der Waals surface area contributed by atoms with Crippen molar-refractivity contribution in [1.29, 1.82) is 0 Å². The molecule has 30 heavy (non-hydrogen) atoms. The number of nitrogens with zero attached hydrogens (tertiary/aromatic N) is 1. The van der Waals surface area contributed by atoms with Crippen molar-refractivity contribution in [1.82, 2.24) is 10.5 Å². The molecule has 1 saturated carbocycles. The second-order valence-electron chi connectivity index (χ2n) is 8.13. The molecule has 1 amide bonds. The minimum atomic E-state index is -0.544. The van der Waals surface area contributed by atoms with E-state index in [-0.39, 0.29) is 18.6 Å². The number of esters is 1. The zero-order valence-electron chi connectivity index (χ0n) is 17.3. The minimum absolute atomic E-state index is 0.140. The molecular weight excluding hydrogens is 380 g/mol. The van der Waals surface area contributed by atoms with Crippen molar-refractivity contribution in [2.24, 2.45) is 11.8 Å². The van der Waals surface area contributed by atoms with Gasteiger partial charge in [-0.25, -0.2) is 4.79 Å². The number of benzene rings is 2. The molecule has 0 radical (unpaired) electrons. The molecule has 156 valence electrons. The maximum Gasteiger partial charge on any atom is 0.338 e. The summed E-state index contributed by atoms with van der Waals surface area (Å²) in [5, 5.41) is 7.80. The van der Waals surface area contributed by atoms with E-state index in [1.54, 1.807) is 18.2 Å². The molecule has 1 fully saturated rings. The Bertz CT molecular complexity index is 1040. The van der Waals surface area contributed by atoms with Gasteiger partial charge in [0.2, 0.25) is 0 Å². The van der Waals surface area contributed by atoms with Gasteiger partial charge in [0.25, 0.3) is 5.91 Å². The van der Waals surface area contributed by atoms with E-state index in [1.165, 1.54) is 6.42 Å². The van der Waals surface area contributed by atoms with E-state index in [1.807, 2.05) is 30.3 Å². The molecule has 1 heterocycles. The van der Waals surface area contributed by atoms with E-state index < -0.39 is 5.97 Å². The fourth-order valence-electron chi connectivity index (χ4n) is 4.11. The summed E-state index contributed by atoms with van der Waals surface area (Å²) in [5.41, 5.74) is 1.89. The molecule has 1 aliphatic carbocycles. The molecule has 0 unspecified atom stereocenters. The highest BCUT2D eigenvalue weighted by Gasteiger charge is 2.28. The number of ether oxygens (including phenoxy) is 1. The Morgan fingerprint density at radius 3 is 2.73 bits per heavy atom. The van der Waals surface area contributed by atoms with Crippen molar-refractivity contribution in [2.75, 3.05) is 6.61 Å². The standard InChI is InChI=1S/C24H26N2O4/c1-15-7-6-10-20(16(15)2)25-22(27)14-29-24(28)18-11-12-21-19(13-18)23(30-26-21)17-8-4-3-5-9-17/h3-5,8-9,11-13,15-16,20H,6-7,10,14H2,1-2H3,(H,25,27)/t15-,16+,20-/m0/s1. The quantitative estimate of drug-likeness (QED) is 0.627. The van der Waals surface area contributed by atoms with Crippen LogP contribution in [0, 0.1) is 11.8 Å². The van der Waals surface area contributed by atoms with Gasteiger partial charge in [0, 0.05) is 11.6 Å². The van der Waals surface area contributed by atoms with E-state index in [9.17, 15) is 9.59 Å². The highest BCUT2D eigenvalue weighted by molar-refractivity contribution is 5.99. The third-order valence-corrected chi connectivity index (χ3v) is 6.14. The van der Waals surface area contributed by atoms with Crippen molar-refractivity contribution in [3.05, 3.63) is 54.1 Å². The van der Waals surface area contributed by atoms with Crippen molar-refractivity contribution in [2.45, 2.75) is 39.2 Å². The van der Waals surface area contributed by atoms with Gasteiger partial charge in [-0.1, -0.05) is 62.2 Å². The molecule has 4 rings (SSSR count). The number of fused-ring (bicyclic) bond motifs is 1. The van der Waals surface area contributed by atoms with Gasteiger partial charge in [0.15, 0.2) is 12.4 Å². The van der Waals surface area contributed by atoms with Crippen LogP contribution in [0.15, 0.2) is 53.1 Å². The second-order valence-corrected chi connectivity index (χ2v) is 8.13. The first-order chi connectivity index (χ1) is 14.5. The Balaban J connectivity index is 1.41. The lowest BCUT2D eigenvalue weighted by Crippen LogP contribution is -2.45. The molecule has 0 aliphatic heterocycles. The van der Waals surface area contributed by atoms with Gasteiger partial charge < -0.3 is 14.6 Å². The first-order valence-corrected chi connectivity index (χ1v) is 10.4. The zero-order chi connectivity index (χ0) is 21.1. The predicted molar refractivity (Wildman–Crippen MR) is 114 cm³/mol. The van der Waals surface area contributed by atoms with Crippen molar-refractivity contribution < 1.29 is 18.8 Å². The summed E-state index contributed by atoms with van der Waals surface area (Å²) in [6.45, 7) is 4.09. The van der Waals surface area contributed by atoms with Gasteiger partial charge >= 0.3 is 5.97 Å². The van der Waals surface area contributed by atoms with Crippen LogP contribution >= 0.6 is 0 Å². The lowest BCUT2D eigenvalue weighted by Gasteiger charge is -2.34. The molecule has 3 atom stereocenters. The highest BCUT2D eigenvalue weighted by atomic mass is 16.5. The number of amides is 1. The Labute approximate surface area is 175 Å². The van der Waals surface area contributed by atoms with Crippen LogP contribution in [0.1, 0.15) is 43.5 Å². The zero-order valence-corrected chi connectivity index (χ0v) is 17.3. The lowest BCUT2D eigenvalue weighted by molar-refractivity contribution is -0.125. The van der Waals surface area contributed by atoms with Crippen molar-refractivity contribution in [3.63, 3.8) is 0 Å². The number of hydrogen-bond acceptors (Lipinski definition) is 5.